The molecule has 4 N–H and O–H groups in total. The third kappa shape index (κ3) is 5.85. The first-order valence-corrected chi connectivity index (χ1v) is 7.99. The highest BCUT2D eigenvalue weighted by Gasteiger charge is 2.11. The van der Waals surface area contributed by atoms with E-state index in [2.05, 4.69) is 17.2 Å². The van der Waals surface area contributed by atoms with Crippen LogP contribution in [0.25, 0.3) is 0 Å². The van der Waals surface area contributed by atoms with Gasteiger partial charge in [-0.15, -0.1) is 11.3 Å². The Morgan fingerprint density at radius 1 is 1.53 bits per heavy atom. The molecule has 0 fully saturated rings. The fourth-order valence-corrected chi connectivity index (χ4v) is 2.59. The number of carbonyl (C=O) groups excluding carboxylic acids is 1. The van der Waals surface area contributed by atoms with Crippen LogP contribution < -0.4 is 10.5 Å². The zero-order valence-corrected chi connectivity index (χ0v) is 11.7. The molecule has 0 atom stereocenters. The zero-order chi connectivity index (χ0) is 14.3. The van der Waals surface area contributed by atoms with Crippen molar-refractivity contribution in [2.45, 2.75) is 6.42 Å². The number of nitrogens with two attached hydrogens (primary N) is 1. The van der Waals surface area contributed by atoms with Crippen molar-refractivity contribution in [1.82, 2.24) is 5.32 Å². The molecule has 0 aliphatic carbocycles. The third-order valence-electron chi connectivity index (χ3n) is 2.06. The predicted molar refractivity (Wildman–Crippen MR) is 73.2 cm³/mol. The molecule has 1 aromatic rings. The van der Waals surface area contributed by atoms with Crippen LogP contribution in [0.3, 0.4) is 0 Å². The molecule has 0 aromatic carbocycles. The summed E-state index contributed by atoms with van der Waals surface area (Å²) in [6, 6.07) is 1.69. The molecule has 0 unspecified atom stereocenters. The molecule has 104 valence electrons. The van der Waals surface area contributed by atoms with Crippen LogP contribution in [-0.2, 0) is 10.0 Å². The highest BCUT2D eigenvalue weighted by atomic mass is 32.2. The first kappa shape index (κ1) is 15.7. The van der Waals surface area contributed by atoms with Crippen LogP contribution in [0.4, 0.5) is 0 Å². The highest BCUT2D eigenvalue weighted by Crippen LogP contribution is 2.15. The van der Waals surface area contributed by atoms with Crippen LogP contribution in [0, 0.1) is 11.8 Å². The Bertz CT molecular complexity index is 596. The number of primary sulfonamides is 1. The van der Waals surface area contributed by atoms with Crippen molar-refractivity contribution in [3.05, 3.63) is 21.9 Å². The van der Waals surface area contributed by atoms with Gasteiger partial charge in [0.05, 0.1) is 5.75 Å². The van der Waals surface area contributed by atoms with Crippen LogP contribution in [0.2, 0.25) is 0 Å². The molecule has 0 spiro atoms. The normalized spacial score (nSPS) is 10.6. The van der Waals surface area contributed by atoms with E-state index in [1.807, 2.05) is 0 Å². The van der Waals surface area contributed by atoms with Crippen molar-refractivity contribution in [3.63, 3.8) is 0 Å². The van der Waals surface area contributed by atoms with Gasteiger partial charge in [-0.3, -0.25) is 4.79 Å². The van der Waals surface area contributed by atoms with Crippen LogP contribution in [-0.4, -0.2) is 38.3 Å². The Kier molecular flexibility index (Phi) is 5.98. The van der Waals surface area contributed by atoms with Gasteiger partial charge in [-0.25, -0.2) is 13.6 Å². The second-order valence-electron chi connectivity index (χ2n) is 3.60. The van der Waals surface area contributed by atoms with Crippen LogP contribution >= 0.6 is 11.3 Å². The third-order valence-corrected chi connectivity index (χ3v) is 3.84. The molecular weight excluding hydrogens is 288 g/mol. The second-order valence-corrected chi connectivity index (χ2v) is 6.25. The van der Waals surface area contributed by atoms with E-state index in [0.29, 0.717) is 10.4 Å². The first-order chi connectivity index (χ1) is 8.94. The molecule has 1 amide bonds. The Balaban J connectivity index is 2.52. The maximum atomic E-state index is 11.8. The molecular formula is C11H14N2O4S2. The van der Waals surface area contributed by atoms with Crippen LogP contribution in [0.15, 0.2) is 11.4 Å². The first-order valence-electron chi connectivity index (χ1n) is 5.40. The number of thiophene rings is 1. The van der Waals surface area contributed by atoms with E-state index in [1.54, 1.807) is 11.4 Å². The average molecular weight is 302 g/mol. The van der Waals surface area contributed by atoms with Crippen LogP contribution in [0.5, 0.6) is 0 Å². The summed E-state index contributed by atoms with van der Waals surface area (Å²) in [5.41, 5.74) is 0.544. The van der Waals surface area contributed by atoms with E-state index in [1.165, 1.54) is 11.3 Å². The Labute approximate surface area is 115 Å². The van der Waals surface area contributed by atoms with Gasteiger partial charge in [0.1, 0.15) is 11.5 Å². The van der Waals surface area contributed by atoms with Gasteiger partial charge in [0, 0.05) is 12.1 Å². The van der Waals surface area contributed by atoms with Gasteiger partial charge in [0.25, 0.3) is 5.91 Å². The monoisotopic (exact) mass is 302 g/mol. The molecule has 0 bridgehead atoms. The topological polar surface area (TPSA) is 109 Å². The largest absolute Gasteiger partial charge is 0.384 e. The van der Waals surface area contributed by atoms with Gasteiger partial charge < -0.3 is 10.4 Å². The summed E-state index contributed by atoms with van der Waals surface area (Å²) < 4.78 is 21.4. The van der Waals surface area contributed by atoms with Gasteiger partial charge in [-0.2, -0.15) is 0 Å². The molecule has 1 aromatic heterocycles. The fraction of sp³-hybridized carbons (Fsp3) is 0.364. The van der Waals surface area contributed by atoms with Gasteiger partial charge >= 0.3 is 0 Å². The maximum absolute atomic E-state index is 11.8. The highest BCUT2D eigenvalue weighted by molar-refractivity contribution is 7.89. The van der Waals surface area contributed by atoms with Gasteiger partial charge in [0.15, 0.2) is 0 Å². The second kappa shape index (κ2) is 7.25. The van der Waals surface area contributed by atoms with Crippen molar-refractivity contribution in [3.8, 4) is 11.8 Å². The maximum Gasteiger partial charge on any atom is 0.262 e. The number of aliphatic hydroxyl groups excluding tert-OH is 1. The zero-order valence-electron chi connectivity index (χ0n) is 10.0. The molecule has 0 saturated heterocycles. The van der Waals surface area contributed by atoms with E-state index >= 15 is 0 Å². The lowest BCUT2D eigenvalue weighted by molar-refractivity contribution is 0.0957. The minimum absolute atomic E-state index is 0.172. The number of sulfonamides is 1. The van der Waals surface area contributed by atoms with E-state index in [-0.39, 0.29) is 31.2 Å². The number of amides is 1. The smallest absolute Gasteiger partial charge is 0.262 e. The summed E-state index contributed by atoms with van der Waals surface area (Å²) in [5, 5.41) is 17.8. The average Bonchev–Trinajstić information content (AvgIpc) is 2.79. The van der Waals surface area contributed by atoms with Crippen molar-refractivity contribution in [2.24, 2.45) is 5.14 Å². The fourth-order valence-electron chi connectivity index (χ4n) is 1.27. The van der Waals surface area contributed by atoms with Gasteiger partial charge in [0.2, 0.25) is 10.0 Å². The molecule has 1 rings (SSSR count). The molecule has 1 heterocycles. The van der Waals surface area contributed by atoms with E-state index in [0.717, 1.165) is 0 Å². The number of hydrogen-bond acceptors (Lipinski definition) is 5. The Morgan fingerprint density at radius 2 is 2.26 bits per heavy atom. The summed E-state index contributed by atoms with van der Waals surface area (Å²) >= 11 is 1.23. The number of rotatable bonds is 5. The summed E-state index contributed by atoms with van der Waals surface area (Å²) in [6.45, 7) is -0.0503. The predicted octanol–water partition coefficient (Wildman–Crippen LogP) is -0.500. The molecule has 19 heavy (non-hydrogen) atoms. The number of hydrogen-bond donors (Lipinski definition) is 3. The molecule has 6 nitrogen and oxygen atoms in total. The van der Waals surface area contributed by atoms with E-state index in [9.17, 15) is 13.2 Å². The van der Waals surface area contributed by atoms with Crippen LogP contribution in [0.1, 0.15) is 21.7 Å². The molecule has 8 heteroatoms. The lowest BCUT2D eigenvalue weighted by atomic mass is 10.2. The van der Waals surface area contributed by atoms with Gasteiger partial charge in [-0.05, 0) is 17.9 Å². The van der Waals surface area contributed by atoms with E-state index in [4.69, 9.17) is 10.2 Å². The molecule has 0 radical (unpaired) electrons. The number of nitrogens with one attached hydrogen (secondary N) is 1. The van der Waals surface area contributed by atoms with Crippen molar-refractivity contribution in [1.29, 1.82) is 0 Å². The van der Waals surface area contributed by atoms with E-state index < -0.39 is 10.0 Å². The summed E-state index contributed by atoms with van der Waals surface area (Å²) in [4.78, 5) is 12.2. The van der Waals surface area contributed by atoms with Crippen molar-refractivity contribution >= 4 is 27.3 Å². The number of carbonyl (C=O) groups is 1. The lowest BCUT2D eigenvalue weighted by Gasteiger charge is -2.03. The quantitative estimate of drug-likeness (QED) is 0.503. The minimum Gasteiger partial charge on any atom is -0.384 e. The summed E-state index contributed by atoms with van der Waals surface area (Å²) in [7, 11) is -3.49. The Hall–Kier alpha value is -1.40. The molecule has 0 saturated carbocycles. The van der Waals surface area contributed by atoms with Crippen molar-refractivity contribution < 1.29 is 18.3 Å². The SMILES string of the molecule is NS(=O)(=O)CCCNC(=O)c1sccc1C#CCO. The summed E-state index contributed by atoms with van der Waals surface area (Å²) in [5.74, 6) is 4.66. The summed E-state index contributed by atoms with van der Waals surface area (Å²) in [6.07, 6.45) is 0.258. The Morgan fingerprint density at radius 3 is 2.89 bits per heavy atom. The standard InChI is InChI=1S/C11H14N2O4S2/c12-19(16,17)8-2-5-13-11(15)10-9(3-1-6-14)4-7-18-10/h4,7,14H,2,5-6,8H2,(H,13,15)(H2,12,16,17). The van der Waals surface area contributed by atoms with Crippen molar-refractivity contribution in [2.75, 3.05) is 18.9 Å². The minimum atomic E-state index is -3.49. The number of aliphatic hydroxyl groups is 1. The lowest BCUT2D eigenvalue weighted by Crippen LogP contribution is -2.27. The molecule has 0 aliphatic heterocycles. The molecule has 0 aliphatic rings. The van der Waals surface area contributed by atoms with Gasteiger partial charge in [-0.1, -0.05) is 11.8 Å².